The summed E-state index contributed by atoms with van der Waals surface area (Å²) in [6.07, 6.45) is 0.874. The number of aryl methyl sites for hydroxylation is 1. The third-order valence-corrected chi connectivity index (χ3v) is 4.75. The predicted octanol–water partition coefficient (Wildman–Crippen LogP) is 3.33. The van der Waals surface area contributed by atoms with Crippen molar-refractivity contribution in [3.8, 4) is 11.5 Å². The van der Waals surface area contributed by atoms with Crippen molar-refractivity contribution in [3.63, 3.8) is 0 Å². The highest BCUT2D eigenvalue weighted by Crippen LogP contribution is 2.18. The number of hydrogen-bond donors (Lipinski definition) is 1. The first-order chi connectivity index (χ1) is 13.9. The van der Waals surface area contributed by atoms with E-state index >= 15 is 0 Å². The summed E-state index contributed by atoms with van der Waals surface area (Å²) in [5, 5.41) is 2.63. The summed E-state index contributed by atoms with van der Waals surface area (Å²) in [5.41, 5.74) is 2.15. The van der Waals surface area contributed by atoms with Gasteiger partial charge in [-0.2, -0.15) is 0 Å². The molecule has 2 rings (SSSR count). The molecule has 156 valence electrons. The van der Waals surface area contributed by atoms with E-state index in [0.717, 1.165) is 22.6 Å². The predicted molar refractivity (Wildman–Crippen MR) is 113 cm³/mol. The van der Waals surface area contributed by atoms with Crippen LogP contribution in [0.25, 0.3) is 0 Å². The second-order valence-electron chi connectivity index (χ2n) is 6.93. The van der Waals surface area contributed by atoms with Gasteiger partial charge < -0.3 is 19.7 Å². The fourth-order valence-corrected chi connectivity index (χ4v) is 2.91. The molecule has 1 atom stereocenters. The van der Waals surface area contributed by atoms with Crippen LogP contribution in [0.1, 0.15) is 30.9 Å². The van der Waals surface area contributed by atoms with Crippen molar-refractivity contribution in [2.24, 2.45) is 0 Å². The largest absolute Gasteiger partial charge is 0.497 e. The van der Waals surface area contributed by atoms with Gasteiger partial charge in [-0.3, -0.25) is 9.59 Å². The Morgan fingerprint density at radius 1 is 1.03 bits per heavy atom. The molecule has 0 bridgehead atoms. The molecular formula is C23H30N2O4. The number of ether oxygens (including phenoxy) is 2. The first-order valence-electron chi connectivity index (χ1n) is 9.78. The van der Waals surface area contributed by atoms with Gasteiger partial charge >= 0.3 is 0 Å². The number of methoxy groups -OCH3 is 1. The number of carbonyl (C=O) groups excluding carboxylic acids is 2. The van der Waals surface area contributed by atoms with Gasteiger partial charge in [0.15, 0.2) is 0 Å². The van der Waals surface area contributed by atoms with Gasteiger partial charge in [0, 0.05) is 20.0 Å². The Hall–Kier alpha value is -3.02. The minimum atomic E-state index is -0.545. The molecule has 1 N–H and O–H groups in total. The maximum absolute atomic E-state index is 12.8. The van der Waals surface area contributed by atoms with Gasteiger partial charge in [-0.1, -0.05) is 29.8 Å². The number of likely N-dealkylation sites (N-methyl/N-ethyl adjacent to an activating group) is 1. The molecule has 2 aromatic carbocycles. The number of hydrogen-bond acceptors (Lipinski definition) is 4. The van der Waals surface area contributed by atoms with Gasteiger partial charge in [-0.15, -0.1) is 0 Å². The van der Waals surface area contributed by atoms with Crippen molar-refractivity contribution < 1.29 is 19.1 Å². The third kappa shape index (κ3) is 6.82. The van der Waals surface area contributed by atoms with Crippen molar-refractivity contribution in [1.82, 2.24) is 10.2 Å². The number of nitrogens with one attached hydrogen (secondary N) is 1. The summed E-state index contributed by atoms with van der Waals surface area (Å²) >= 11 is 0. The molecule has 2 amide bonds. The maximum atomic E-state index is 12.8. The summed E-state index contributed by atoms with van der Waals surface area (Å²) in [4.78, 5) is 26.6. The second-order valence-corrected chi connectivity index (χ2v) is 6.93. The monoisotopic (exact) mass is 398 g/mol. The highest BCUT2D eigenvalue weighted by molar-refractivity contribution is 5.87. The Morgan fingerprint density at radius 3 is 2.24 bits per heavy atom. The smallest absolute Gasteiger partial charge is 0.242 e. The van der Waals surface area contributed by atoms with Crippen LogP contribution >= 0.6 is 0 Å². The van der Waals surface area contributed by atoms with Gasteiger partial charge in [0.1, 0.15) is 17.5 Å². The quantitative estimate of drug-likeness (QED) is 0.624. The molecular weight excluding hydrogens is 368 g/mol. The molecule has 1 unspecified atom stereocenters. The van der Waals surface area contributed by atoms with Gasteiger partial charge in [-0.05, 0) is 50.1 Å². The number of amides is 2. The minimum absolute atomic E-state index is 0.0694. The van der Waals surface area contributed by atoms with Crippen LogP contribution in [0.15, 0.2) is 48.5 Å². The lowest BCUT2D eigenvalue weighted by atomic mass is 10.1. The summed E-state index contributed by atoms with van der Waals surface area (Å²) in [6, 6.07) is 14.8. The standard InChI is InChI=1S/C23H30N2O4/c1-17-7-9-19(10-8-17)16-25(18(2)23(27)24-3)22(26)6-5-15-29-21-13-11-20(28-4)12-14-21/h7-14,18H,5-6,15-16H2,1-4H3,(H,24,27). The number of benzene rings is 2. The number of carbonyl (C=O) groups is 2. The van der Waals surface area contributed by atoms with Crippen molar-refractivity contribution in [3.05, 3.63) is 59.7 Å². The van der Waals surface area contributed by atoms with Crippen molar-refractivity contribution >= 4 is 11.8 Å². The normalized spacial score (nSPS) is 11.4. The van der Waals surface area contributed by atoms with E-state index in [0.29, 0.717) is 26.0 Å². The fourth-order valence-electron chi connectivity index (χ4n) is 2.91. The van der Waals surface area contributed by atoms with E-state index < -0.39 is 6.04 Å². The molecule has 0 aliphatic heterocycles. The Labute approximate surface area is 172 Å². The second kappa shape index (κ2) is 11.1. The zero-order valence-electron chi connectivity index (χ0n) is 17.6. The first-order valence-corrected chi connectivity index (χ1v) is 9.78. The number of rotatable bonds is 10. The Morgan fingerprint density at radius 2 is 1.66 bits per heavy atom. The first kappa shape index (κ1) is 22.3. The van der Waals surface area contributed by atoms with Crippen LogP contribution in [0.4, 0.5) is 0 Å². The van der Waals surface area contributed by atoms with Gasteiger partial charge in [0.25, 0.3) is 0 Å². The van der Waals surface area contributed by atoms with Crippen LogP contribution in [0.3, 0.4) is 0 Å². The molecule has 0 aliphatic rings. The molecule has 29 heavy (non-hydrogen) atoms. The van der Waals surface area contributed by atoms with Crippen LogP contribution in [-0.4, -0.2) is 43.5 Å². The Bertz CT molecular complexity index is 788. The van der Waals surface area contributed by atoms with E-state index in [-0.39, 0.29) is 11.8 Å². The zero-order chi connectivity index (χ0) is 21.2. The maximum Gasteiger partial charge on any atom is 0.242 e. The van der Waals surface area contributed by atoms with Crippen LogP contribution in [-0.2, 0) is 16.1 Å². The zero-order valence-corrected chi connectivity index (χ0v) is 17.6. The fraction of sp³-hybridized carbons (Fsp3) is 0.391. The van der Waals surface area contributed by atoms with E-state index in [2.05, 4.69) is 5.32 Å². The third-order valence-electron chi connectivity index (χ3n) is 4.75. The molecule has 0 aromatic heterocycles. The lowest BCUT2D eigenvalue weighted by molar-refractivity contribution is -0.140. The minimum Gasteiger partial charge on any atom is -0.497 e. The summed E-state index contributed by atoms with van der Waals surface area (Å²) < 4.78 is 10.8. The van der Waals surface area contributed by atoms with E-state index in [1.54, 1.807) is 26.0 Å². The molecule has 6 nitrogen and oxygen atoms in total. The van der Waals surface area contributed by atoms with Gasteiger partial charge in [0.2, 0.25) is 11.8 Å². The van der Waals surface area contributed by atoms with E-state index in [1.165, 1.54) is 0 Å². The van der Waals surface area contributed by atoms with Crippen LogP contribution < -0.4 is 14.8 Å². The molecule has 0 fully saturated rings. The van der Waals surface area contributed by atoms with Crippen LogP contribution in [0.5, 0.6) is 11.5 Å². The van der Waals surface area contributed by atoms with Gasteiger partial charge in [0.05, 0.1) is 13.7 Å². The van der Waals surface area contributed by atoms with Crippen molar-refractivity contribution in [1.29, 1.82) is 0 Å². The van der Waals surface area contributed by atoms with Crippen molar-refractivity contribution in [2.75, 3.05) is 20.8 Å². The SMILES string of the molecule is CNC(=O)C(C)N(Cc1ccc(C)cc1)C(=O)CCCOc1ccc(OC)cc1. The lowest BCUT2D eigenvalue weighted by Gasteiger charge is -2.28. The lowest BCUT2D eigenvalue weighted by Crippen LogP contribution is -2.46. The highest BCUT2D eigenvalue weighted by Gasteiger charge is 2.25. The molecule has 0 aliphatic carbocycles. The Kier molecular flexibility index (Phi) is 8.52. The molecule has 0 saturated carbocycles. The topological polar surface area (TPSA) is 67.9 Å². The molecule has 0 spiro atoms. The molecule has 0 heterocycles. The van der Waals surface area contributed by atoms with E-state index in [1.807, 2.05) is 55.5 Å². The highest BCUT2D eigenvalue weighted by atomic mass is 16.5. The molecule has 2 aromatic rings. The van der Waals surface area contributed by atoms with Crippen LogP contribution in [0, 0.1) is 6.92 Å². The molecule has 6 heteroatoms. The Balaban J connectivity index is 1.93. The number of nitrogens with zero attached hydrogens (tertiary/aromatic N) is 1. The van der Waals surface area contributed by atoms with Gasteiger partial charge in [-0.25, -0.2) is 0 Å². The van der Waals surface area contributed by atoms with E-state index in [4.69, 9.17) is 9.47 Å². The summed E-state index contributed by atoms with van der Waals surface area (Å²) in [5.74, 6) is 1.25. The van der Waals surface area contributed by atoms with Crippen molar-refractivity contribution in [2.45, 2.75) is 39.3 Å². The average Bonchev–Trinajstić information content (AvgIpc) is 2.75. The van der Waals surface area contributed by atoms with E-state index in [9.17, 15) is 9.59 Å². The summed E-state index contributed by atoms with van der Waals surface area (Å²) in [7, 11) is 3.19. The van der Waals surface area contributed by atoms with Crippen LogP contribution in [0.2, 0.25) is 0 Å². The molecule has 0 radical (unpaired) electrons. The summed E-state index contributed by atoms with van der Waals surface area (Å²) in [6.45, 7) is 4.58. The average molecular weight is 399 g/mol. The molecule has 0 saturated heterocycles.